The van der Waals surface area contributed by atoms with Gasteiger partial charge in [0.1, 0.15) is 18.1 Å². The molecule has 10 nitrogen and oxygen atoms in total. The summed E-state index contributed by atoms with van der Waals surface area (Å²) in [7, 11) is 0. The standard InChI is InChI=1S/C19H35N5O5S/c1-12(18(27)24-10-5-7-15(24)19(28)29)22-17(26)14(6-3-4-9-20)23-16(25)13(21)8-11-30-2/h12-15H,3-11,20-21H2,1-2H3,(H,22,26)(H,23,25)(H,28,29). The zero-order valence-corrected chi connectivity index (χ0v) is 18.6. The molecule has 1 aliphatic rings. The highest BCUT2D eigenvalue weighted by Crippen LogP contribution is 2.18. The van der Waals surface area contributed by atoms with Gasteiger partial charge in [0, 0.05) is 6.54 Å². The van der Waals surface area contributed by atoms with E-state index in [-0.39, 0.29) is 0 Å². The number of unbranched alkanes of at least 4 members (excludes halogenated alkanes) is 1. The summed E-state index contributed by atoms with van der Waals surface area (Å²) in [6.45, 7) is 2.33. The van der Waals surface area contributed by atoms with Gasteiger partial charge in [-0.05, 0) is 64.0 Å². The van der Waals surface area contributed by atoms with Crippen molar-refractivity contribution in [3.63, 3.8) is 0 Å². The molecule has 30 heavy (non-hydrogen) atoms. The minimum absolute atomic E-state index is 0.344. The molecule has 4 unspecified atom stereocenters. The van der Waals surface area contributed by atoms with Gasteiger partial charge in [0.05, 0.1) is 6.04 Å². The minimum Gasteiger partial charge on any atom is -0.480 e. The van der Waals surface area contributed by atoms with Crippen molar-refractivity contribution in [1.29, 1.82) is 0 Å². The Morgan fingerprint density at radius 2 is 1.87 bits per heavy atom. The van der Waals surface area contributed by atoms with E-state index >= 15 is 0 Å². The molecule has 1 fully saturated rings. The molecule has 3 amide bonds. The number of amides is 3. The Bertz CT molecular complexity index is 606. The van der Waals surface area contributed by atoms with E-state index in [2.05, 4.69) is 10.6 Å². The van der Waals surface area contributed by atoms with Crippen molar-refractivity contribution in [2.45, 2.75) is 69.6 Å². The molecule has 1 heterocycles. The Labute approximate surface area is 181 Å². The van der Waals surface area contributed by atoms with E-state index in [1.807, 2.05) is 6.26 Å². The number of likely N-dealkylation sites (tertiary alicyclic amines) is 1. The lowest BCUT2D eigenvalue weighted by atomic mass is 10.1. The number of aliphatic carboxylic acids is 1. The minimum atomic E-state index is -1.05. The fourth-order valence-corrected chi connectivity index (χ4v) is 3.82. The monoisotopic (exact) mass is 445 g/mol. The fourth-order valence-electron chi connectivity index (χ4n) is 3.33. The molecule has 4 atom stereocenters. The second kappa shape index (κ2) is 13.5. The molecule has 0 saturated carbocycles. The molecular weight excluding hydrogens is 410 g/mol. The van der Waals surface area contributed by atoms with Crippen molar-refractivity contribution in [2.75, 3.05) is 25.1 Å². The Kier molecular flexibility index (Phi) is 11.7. The Hall–Kier alpha value is -1.85. The van der Waals surface area contributed by atoms with Gasteiger partial charge in [-0.3, -0.25) is 14.4 Å². The van der Waals surface area contributed by atoms with Crippen LogP contribution in [0.25, 0.3) is 0 Å². The van der Waals surface area contributed by atoms with Crippen LogP contribution in [0.1, 0.15) is 45.4 Å². The molecule has 0 aromatic rings. The van der Waals surface area contributed by atoms with Crippen molar-refractivity contribution in [2.24, 2.45) is 11.5 Å². The largest absolute Gasteiger partial charge is 0.480 e. The molecule has 7 N–H and O–H groups in total. The number of hydrogen-bond acceptors (Lipinski definition) is 7. The van der Waals surface area contributed by atoms with Gasteiger partial charge in [-0.2, -0.15) is 11.8 Å². The van der Waals surface area contributed by atoms with Crippen LogP contribution in [-0.4, -0.2) is 83.0 Å². The second-order valence-corrected chi connectivity index (χ2v) is 8.48. The van der Waals surface area contributed by atoms with Crippen LogP contribution >= 0.6 is 11.8 Å². The molecule has 1 saturated heterocycles. The highest BCUT2D eigenvalue weighted by molar-refractivity contribution is 7.98. The van der Waals surface area contributed by atoms with Gasteiger partial charge >= 0.3 is 5.97 Å². The Morgan fingerprint density at radius 1 is 1.17 bits per heavy atom. The second-order valence-electron chi connectivity index (χ2n) is 7.49. The first kappa shape index (κ1) is 26.2. The van der Waals surface area contributed by atoms with Crippen LogP contribution in [-0.2, 0) is 19.2 Å². The van der Waals surface area contributed by atoms with E-state index < -0.39 is 47.9 Å². The number of nitrogens with zero attached hydrogens (tertiary/aromatic N) is 1. The molecule has 0 aliphatic carbocycles. The average Bonchev–Trinajstić information content (AvgIpc) is 3.20. The third kappa shape index (κ3) is 8.11. The summed E-state index contributed by atoms with van der Waals surface area (Å²) >= 11 is 1.58. The molecule has 1 rings (SSSR count). The van der Waals surface area contributed by atoms with E-state index in [0.717, 1.165) is 5.75 Å². The lowest BCUT2D eigenvalue weighted by molar-refractivity contribution is -0.149. The number of rotatable bonds is 13. The van der Waals surface area contributed by atoms with E-state index in [9.17, 15) is 24.3 Å². The average molecular weight is 446 g/mol. The quantitative estimate of drug-likeness (QED) is 0.231. The number of nitrogens with one attached hydrogen (secondary N) is 2. The van der Waals surface area contributed by atoms with Gasteiger partial charge in [-0.25, -0.2) is 4.79 Å². The van der Waals surface area contributed by atoms with Crippen molar-refractivity contribution in [1.82, 2.24) is 15.5 Å². The van der Waals surface area contributed by atoms with Crippen LogP contribution in [0.15, 0.2) is 0 Å². The highest BCUT2D eigenvalue weighted by atomic mass is 32.2. The van der Waals surface area contributed by atoms with Crippen molar-refractivity contribution >= 4 is 35.5 Å². The van der Waals surface area contributed by atoms with Crippen LogP contribution < -0.4 is 22.1 Å². The predicted molar refractivity (Wildman–Crippen MR) is 116 cm³/mol. The summed E-state index contributed by atoms with van der Waals surface area (Å²) in [4.78, 5) is 50.4. The van der Waals surface area contributed by atoms with Crippen LogP contribution in [0.3, 0.4) is 0 Å². The zero-order valence-electron chi connectivity index (χ0n) is 17.8. The van der Waals surface area contributed by atoms with Crippen LogP contribution in [0, 0.1) is 0 Å². The maximum Gasteiger partial charge on any atom is 0.326 e. The molecule has 0 bridgehead atoms. The summed E-state index contributed by atoms with van der Waals surface area (Å²) in [5.74, 6) is -1.68. The smallest absolute Gasteiger partial charge is 0.326 e. The summed E-state index contributed by atoms with van der Waals surface area (Å²) in [5, 5.41) is 14.6. The van der Waals surface area contributed by atoms with Crippen molar-refractivity contribution in [3.05, 3.63) is 0 Å². The van der Waals surface area contributed by atoms with Crippen molar-refractivity contribution in [3.8, 4) is 0 Å². The van der Waals surface area contributed by atoms with Gasteiger partial charge in [0.15, 0.2) is 0 Å². The SMILES string of the molecule is CSCCC(N)C(=O)NC(CCCCN)C(=O)NC(C)C(=O)N1CCCC1C(=O)O. The lowest BCUT2D eigenvalue weighted by Crippen LogP contribution is -2.56. The van der Waals surface area contributed by atoms with E-state index in [1.54, 1.807) is 11.8 Å². The maximum absolute atomic E-state index is 12.8. The molecular formula is C19H35N5O5S. The normalized spacial score (nSPS) is 19.1. The van der Waals surface area contributed by atoms with Gasteiger partial charge in [0.25, 0.3) is 0 Å². The van der Waals surface area contributed by atoms with Gasteiger partial charge in [-0.15, -0.1) is 0 Å². The molecule has 172 valence electrons. The highest BCUT2D eigenvalue weighted by Gasteiger charge is 2.36. The number of carbonyl (C=O) groups is 4. The van der Waals surface area contributed by atoms with E-state index in [4.69, 9.17) is 11.5 Å². The Balaban J connectivity index is 2.74. The first-order chi connectivity index (χ1) is 14.2. The van der Waals surface area contributed by atoms with Crippen LogP contribution in [0.5, 0.6) is 0 Å². The first-order valence-electron chi connectivity index (χ1n) is 10.3. The fraction of sp³-hybridized carbons (Fsp3) is 0.789. The number of thioether (sulfide) groups is 1. The third-order valence-electron chi connectivity index (χ3n) is 5.10. The number of hydrogen-bond donors (Lipinski definition) is 5. The topological polar surface area (TPSA) is 168 Å². The first-order valence-corrected chi connectivity index (χ1v) is 11.7. The molecule has 0 aromatic heterocycles. The Morgan fingerprint density at radius 3 is 2.47 bits per heavy atom. The maximum atomic E-state index is 12.8. The summed E-state index contributed by atoms with van der Waals surface area (Å²) in [6.07, 6.45) is 5.10. The molecule has 11 heteroatoms. The summed E-state index contributed by atoms with van der Waals surface area (Å²) in [6, 6.07) is -3.33. The molecule has 0 radical (unpaired) electrons. The predicted octanol–water partition coefficient (Wildman–Crippen LogP) is -0.739. The third-order valence-corrected chi connectivity index (χ3v) is 5.74. The van der Waals surface area contributed by atoms with E-state index in [1.165, 1.54) is 11.8 Å². The van der Waals surface area contributed by atoms with Gasteiger partial charge < -0.3 is 32.1 Å². The van der Waals surface area contributed by atoms with Gasteiger partial charge in [0.2, 0.25) is 17.7 Å². The number of carboxylic acids is 1. The van der Waals surface area contributed by atoms with E-state index in [0.29, 0.717) is 51.6 Å². The number of carboxylic acid groups (broad SMARTS) is 1. The summed E-state index contributed by atoms with van der Waals surface area (Å²) < 4.78 is 0. The lowest BCUT2D eigenvalue weighted by Gasteiger charge is -2.27. The number of nitrogens with two attached hydrogens (primary N) is 2. The van der Waals surface area contributed by atoms with Crippen molar-refractivity contribution < 1.29 is 24.3 Å². The molecule has 1 aliphatic heterocycles. The number of carbonyl (C=O) groups excluding carboxylic acids is 3. The van der Waals surface area contributed by atoms with Gasteiger partial charge in [-0.1, -0.05) is 0 Å². The molecule has 0 spiro atoms. The van der Waals surface area contributed by atoms with Crippen LogP contribution in [0.2, 0.25) is 0 Å². The zero-order chi connectivity index (χ0) is 22.7. The summed E-state index contributed by atoms with van der Waals surface area (Å²) in [5.41, 5.74) is 11.4. The molecule has 0 aromatic carbocycles. The van der Waals surface area contributed by atoms with Crippen LogP contribution in [0.4, 0.5) is 0 Å².